The zero-order valence-electron chi connectivity index (χ0n) is 14.2. The van der Waals surface area contributed by atoms with Crippen LogP contribution in [0.4, 0.5) is 0 Å². The van der Waals surface area contributed by atoms with Crippen LogP contribution in [0.2, 0.25) is 0 Å². The standard InChI is InChI=1S/C17H16N4O3S2/c1-4-9-21-14-7-6-12(26(3,23)24)11-15(14)25-17(21)18-16(22)13-8-10-20(5-2)19-13/h1,6-8,10-11H,5,9H2,2-3H3. The fraction of sp³-hybridized carbons (Fsp3) is 0.235. The van der Waals surface area contributed by atoms with E-state index >= 15 is 0 Å². The number of fused-ring (bicyclic) bond motifs is 1. The lowest BCUT2D eigenvalue weighted by Crippen LogP contribution is -2.16. The Labute approximate surface area is 154 Å². The van der Waals surface area contributed by atoms with Crippen LogP contribution in [-0.2, 0) is 22.9 Å². The quantitative estimate of drug-likeness (QED) is 0.637. The lowest BCUT2D eigenvalue weighted by Gasteiger charge is -2.01. The van der Waals surface area contributed by atoms with Gasteiger partial charge in [0.2, 0.25) is 0 Å². The van der Waals surface area contributed by atoms with Crippen LogP contribution in [0.1, 0.15) is 17.4 Å². The summed E-state index contributed by atoms with van der Waals surface area (Å²) < 4.78 is 27.6. The van der Waals surface area contributed by atoms with Gasteiger partial charge in [-0.2, -0.15) is 10.1 Å². The number of thiazole rings is 1. The summed E-state index contributed by atoms with van der Waals surface area (Å²) in [6, 6.07) is 6.37. The molecule has 0 saturated heterocycles. The van der Waals surface area contributed by atoms with E-state index in [1.165, 1.54) is 17.4 Å². The average Bonchev–Trinajstić information content (AvgIpc) is 3.19. The monoisotopic (exact) mass is 388 g/mol. The van der Waals surface area contributed by atoms with Gasteiger partial charge in [0.15, 0.2) is 20.3 Å². The number of hydrogen-bond donors (Lipinski definition) is 0. The van der Waals surface area contributed by atoms with E-state index in [1.54, 1.807) is 33.6 Å². The normalized spacial score (nSPS) is 12.4. The molecule has 0 aliphatic carbocycles. The predicted molar refractivity (Wildman–Crippen MR) is 99.6 cm³/mol. The number of nitrogens with zero attached hydrogens (tertiary/aromatic N) is 4. The molecule has 0 spiro atoms. The number of terminal acetylenes is 1. The highest BCUT2D eigenvalue weighted by Crippen LogP contribution is 2.22. The van der Waals surface area contributed by atoms with Crippen LogP contribution < -0.4 is 4.80 Å². The minimum atomic E-state index is -3.33. The Hall–Kier alpha value is -2.70. The molecule has 0 atom stereocenters. The predicted octanol–water partition coefficient (Wildman–Crippen LogP) is 1.70. The van der Waals surface area contributed by atoms with Crippen molar-refractivity contribution < 1.29 is 13.2 Å². The van der Waals surface area contributed by atoms with Crippen LogP contribution in [0.25, 0.3) is 10.2 Å². The smallest absolute Gasteiger partial charge is 0.300 e. The van der Waals surface area contributed by atoms with E-state index in [2.05, 4.69) is 16.0 Å². The summed E-state index contributed by atoms with van der Waals surface area (Å²) in [5, 5.41) is 4.15. The highest BCUT2D eigenvalue weighted by molar-refractivity contribution is 7.90. The third kappa shape index (κ3) is 3.47. The van der Waals surface area contributed by atoms with E-state index in [0.29, 0.717) is 16.0 Å². The molecule has 2 aromatic heterocycles. The maximum Gasteiger partial charge on any atom is 0.300 e. The summed E-state index contributed by atoms with van der Waals surface area (Å²) in [6.07, 6.45) is 8.30. The van der Waals surface area contributed by atoms with Crippen molar-refractivity contribution in [2.24, 2.45) is 4.99 Å². The van der Waals surface area contributed by atoms with E-state index in [0.717, 1.165) is 11.8 Å². The van der Waals surface area contributed by atoms with E-state index in [-0.39, 0.29) is 17.1 Å². The Morgan fingerprint density at radius 1 is 1.38 bits per heavy atom. The number of aromatic nitrogens is 3. The molecule has 134 valence electrons. The molecule has 1 aromatic carbocycles. The van der Waals surface area contributed by atoms with Gasteiger partial charge in [-0.25, -0.2) is 8.42 Å². The molecule has 3 aromatic rings. The number of sulfone groups is 1. The first kappa shape index (κ1) is 18.1. The molecule has 9 heteroatoms. The van der Waals surface area contributed by atoms with Gasteiger partial charge in [0.25, 0.3) is 5.91 Å². The maximum absolute atomic E-state index is 12.4. The second-order valence-corrected chi connectivity index (χ2v) is 8.58. The molecule has 0 saturated carbocycles. The van der Waals surface area contributed by atoms with Crippen molar-refractivity contribution in [3.8, 4) is 12.3 Å². The minimum absolute atomic E-state index is 0.207. The summed E-state index contributed by atoms with van der Waals surface area (Å²) in [4.78, 5) is 17.2. The minimum Gasteiger partial charge on any atom is -0.305 e. The third-order valence-corrected chi connectivity index (χ3v) is 5.86. The number of aryl methyl sites for hydroxylation is 1. The van der Waals surface area contributed by atoms with E-state index in [9.17, 15) is 13.2 Å². The van der Waals surface area contributed by atoms with Crippen molar-refractivity contribution in [1.82, 2.24) is 14.3 Å². The van der Waals surface area contributed by atoms with Crippen LogP contribution in [0.5, 0.6) is 0 Å². The Balaban J connectivity index is 2.16. The topological polar surface area (TPSA) is 86.3 Å². The zero-order valence-corrected chi connectivity index (χ0v) is 15.8. The summed E-state index contributed by atoms with van der Waals surface area (Å²) in [5.74, 6) is 2.06. The molecule has 0 aliphatic rings. The maximum atomic E-state index is 12.4. The first-order chi connectivity index (χ1) is 12.3. The second-order valence-electron chi connectivity index (χ2n) is 5.55. The Morgan fingerprint density at radius 3 is 2.77 bits per heavy atom. The molecule has 3 rings (SSSR count). The fourth-order valence-electron chi connectivity index (χ4n) is 2.41. The first-order valence-electron chi connectivity index (χ1n) is 7.73. The van der Waals surface area contributed by atoms with Gasteiger partial charge in [-0.3, -0.25) is 9.48 Å². The van der Waals surface area contributed by atoms with Crippen molar-refractivity contribution in [3.63, 3.8) is 0 Å². The van der Waals surface area contributed by atoms with Gasteiger partial charge in [-0.1, -0.05) is 17.3 Å². The molecule has 0 unspecified atom stereocenters. The van der Waals surface area contributed by atoms with Crippen molar-refractivity contribution in [2.75, 3.05) is 6.26 Å². The molecule has 2 heterocycles. The molecular formula is C17H16N4O3S2. The van der Waals surface area contributed by atoms with Gasteiger partial charge in [0.1, 0.15) is 0 Å². The van der Waals surface area contributed by atoms with Crippen LogP contribution in [0.15, 0.2) is 40.4 Å². The van der Waals surface area contributed by atoms with E-state index in [1.807, 2.05) is 6.92 Å². The Kier molecular flexibility index (Phi) is 4.80. The molecule has 7 nitrogen and oxygen atoms in total. The first-order valence-corrected chi connectivity index (χ1v) is 10.4. The van der Waals surface area contributed by atoms with Gasteiger partial charge >= 0.3 is 0 Å². The summed E-state index contributed by atoms with van der Waals surface area (Å²) in [7, 11) is -3.33. The van der Waals surface area contributed by atoms with E-state index < -0.39 is 15.7 Å². The molecule has 1 amide bonds. The van der Waals surface area contributed by atoms with Crippen LogP contribution in [-0.4, -0.2) is 34.9 Å². The van der Waals surface area contributed by atoms with Gasteiger partial charge < -0.3 is 4.57 Å². The van der Waals surface area contributed by atoms with Crippen molar-refractivity contribution in [1.29, 1.82) is 0 Å². The summed E-state index contributed by atoms with van der Waals surface area (Å²) in [5.41, 5.74) is 0.972. The number of carbonyl (C=O) groups is 1. The number of rotatable bonds is 4. The van der Waals surface area contributed by atoms with Gasteiger partial charge in [0, 0.05) is 19.0 Å². The Morgan fingerprint density at radius 2 is 2.15 bits per heavy atom. The molecule has 0 bridgehead atoms. The zero-order chi connectivity index (χ0) is 18.9. The number of amides is 1. The second kappa shape index (κ2) is 6.90. The van der Waals surface area contributed by atoms with Gasteiger partial charge in [-0.15, -0.1) is 6.42 Å². The molecule has 0 N–H and O–H groups in total. The van der Waals surface area contributed by atoms with Gasteiger partial charge in [-0.05, 0) is 31.2 Å². The highest BCUT2D eigenvalue weighted by atomic mass is 32.2. The number of carbonyl (C=O) groups excluding carboxylic acids is 1. The van der Waals surface area contributed by atoms with Crippen LogP contribution in [0, 0.1) is 12.3 Å². The van der Waals surface area contributed by atoms with Gasteiger partial charge in [0.05, 0.1) is 21.7 Å². The molecule has 0 radical (unpaired) electrons. The van der Waals surface area contributed by atoms with Crippen molar-refractivity contribution in [2.45, 2.75) is 24.9 Å². The van der Waals surface area contributed by atoms with Crippen LogP contribution in [0.3, 0.4) is 0 Å². The number of benzene rings is 1. The van der Waals surface area contributed by atoms with Crippen LogP contribution >= 0.6 is 11.3 Å². The van der Waals surface area contributed by atoms with Crippen molar-refractivity contribution in [3.05, 3.63) is 41.0 Å². The molecule has 0 fully saturated rings. The fourth-order valence-corrected chi connectivity index (χ4v) is 4.20. The molecular weight excluding hydrogens is 372 g/mol. The lowest BCUT2D eigenvalue weighted by molar-refractivity contribution is 0.0992. The Bertz CT molecular complexity index is 1210. The molecule has 26 heavy (non-hydrogen) atoms. The molecule has 0 aliphatic heterocycles. The highest BCUT2D eigenvalue weighted by Gasteiger charge is 2.14. The summed E-state index contributed by atoms with van der Waals surface area (Å²) in [6.45, 7) is 2.79. The SMILES string of the molecule is C#CCn1c(=NC(=O)c2ccn(CC)n2)sc2cc(S(C)(=O)=O)ccc21. The third-order valence-electron chi connectivity index (χ3n) is 3.71. The summed E-state index contributed by atoms with van der Waals surface area (Å²) >= 11 is 1.21. The van der Waals surface area contributed by atoms with Crippen molar-refractivity contribution >= 4 is 37.3 Å². The largest absolute Gasteiger partial charge is 0.305 e. The number of hydrogen-bond acceptors (Lipinski definition) is 5. The average molecular weight is 388 g/mol. The lowest BCUT2D eigenvalue weighted by atomic mass is 10.3. The van der Waals surface area contributed by atoms with E-state index in [4.69, 9.17) is 6.42 Å².